The minimum Gasteiger partial charge on any atom is -0.316 e. The van der Waals surface area contributed by atoms with Gasteiger partial charge in [0.1, 0.15) is 0 Å². The Kier molecular flexibility index (Phi) is 7.86. The first-order valence-electron chi connectivity index (χ1n) is 8.04. The van der Waals surface area contributed by atoms with Gasteiger partial charge in [0.05, 0.1) is 0 Å². The van der Waals surface area contributed by atoms with E-state index < -0.39 is 0 Å². The van der Waals surface area contributed by atoms with Gasteiger partial charge in [0.15, 0.2) is 0 Å². The standard InChI is InChI=1S/C18H32N2/c1-6-15(3)13-20(5)14-17-8-10-18(11-9-17)16(4)12-19-7-2/h8-11,15-16,19H,6-7,12-14H2,1-5H3. The molecule has 0 spiro atoms. The summed E-state index contributed by atoms with van der Waals surface area (Å²) < 4.78 is 0. The van der Waals surface area contributed by atoms with E-state index in [-0.39, 0.29) is 0 Å². The lowest BCUT2D eigenvalue weighted by molar-refractivity contribution is 0.275. The normalized spacial score (nSPS) is 14.5. The van der Waals surface area contributed by atoms with Gasteiger partial charge in [0.2, 0.25) is 0 Å². The Bertz CT molecular complexity index is 358. The maximum absolute atomic E-state index is 3.41. The predicted octanol–water partition coefficient (Wildman–Crippen LogP) is 3.88. The average Bonchev–Trinajstić information content (AvgIpc) is 2.45. The number of hydrogen-bond acceptors (Lipinski definition) is 2. The van der Waals surface area contributed by atoms with Gasteiger partial charge < -0.3 is 10.2 Å². The van der Waals surface area contributed by atoms with Gasteiger partial charge in [-0.25, -0.2) is 0 Å². The summed E-state index contributed by atoms with van der Waals surface area (Å²) in [5.41, 5.74) is 2.84. The van der Waals surface area contributed by atoms with Gasteiger partial charge in [-0.1, -0.05) is 58.4 Å². The summed E-state index contributed by atoms with van der Waals surface area (Å²) >= 11 is 0. The summed E-state index contributed by atoms with van der Waals surface area (Å²) in [5.74, 6) is 1.36. The molecule has 0 saturated carbocycles. The summed E-state index contributed by atoms with van der Waals surface area (Å²) in [6.45, 7) is 13.4. The van der Waals surface area contributed by atoms with Gasteiger partial charge in [-0.2, -0.15) is 0 Å². The highest BCUT2D eigenvalue weighted by atomic mass is 15.1. The third kappa shape index (κ3) is 6.06. The van der Waals surface area contributed by atoms with Crippen molar-refractivity contribution in [2.75, 3.05) is 26.7 Å². The first-order chi connectivity index (χ1) is 9.56. The molecule has 1 aromatic carbocycles. The van der Waals surface area contributed by atoms with Crippen LogP contribution in [0.2, 0.25) is 0 Å². The van der Waals surface area contributed by atoms with Crippen molar-refractivity contribution in [2.45, 2.75) is 46.6 Å². The lowest BCUT2D eigenvalue weighted by Gasteiger charge is -2.21. The van der Waals surface area contributed by atoms with Gasteiger partial charge in [-0.3, -0.25) is 0 Å². The molecule has 0 aromatic heterocycles. The second-order valence-corrected chi connectivity index (χ2v) is 6.16. The maximum Gasteiger partial charge on any atom is 0.0230 e. The van der Waals surface area contributed by atoms with Gasteiger partial charge in [0, 0.05) is 19.6 Å². The first-order valence-corrected chi connectivity index (χ1v) is 8.04. The smallest absolute Gasteiger partial charge is 0.0230 e. The van der Waals surface area contributed by atoms with Crippen molar-refractivity contribution in [3.8, 4) is 0 Å². The molecule has 2 atom stereocenters. The van der Waals surface area contributed by atoms with Crippen LogP contribution < -0.4 is 5.32 Å². The molecule has 0 radical (unpaired) electrons. The molecular weight excluding hydrogens is 244 g/mol. The molecule has 0 fully saturated rings. The molecule has 20 heavy (non-hydrogen) atoms. The Hall–Kier alpha value is -0.860. The largest absolute Gasteiger partial charge is 0.316 e. The van der Waals surface area contributed by atoms with Gasteiger partial charge >= 0.3 is 0 Å². The van der Waals surface area contributed by atoms with Gasteiger partial charge in [-0.15, -0.1) is 0 Å². The van der Waals surface area contributed by atoms with Crippen molar-refractivity contribution in [1.29, 1.82) is 0 Å². The third-order valence-electron chi connectivity index (χ3n) is 4.02. The highest BCUT2D eigenvalue weighted by Gasteiger charge is 2.07. The minimum absolute atomic E-state index is 0.585. The van der Waals surface area contributed by atoms with E-state index in [0.29, 0.717) is 5.92 Å². The van der Waals surface area contributed by atoms with E-state index in [1.165, 1.54) is 24.1 Å². The topological polar surface area (TPSA) is 15.3 Å². The highest BCUT2D eigenvalue weighted by molar-refractivity contribution is 5.25. The second-order valence-electron chi connectivity index (χ2n) is 6.16. The minimum atomic E-state index is 0.585. The van der Waals surface area contributed by atoms with Crippen LogP contribution in [0, 0.1) is 5.92 Å². The quantitative estimate of drug-likeness (QED) is 0.736. The third-order valence-corrected chi connectivity index (χ3v) is 4.02. The highest BCUT2D eigenvalue weighted by Crippen LogP contribution is 2.16. The molecule has 0 heterocycles. The average molecular weight is 276 g/mol. The Morgan fingerprint density at radius 3 is 2.30 bits per heavy atom. The van der Waals surface area contributed by atoms with E-state index in [4.69, 9.17) is 0 Å². The Morgan fingerprint density at radius 2 is 1.75 bits per heavy atom. The Balaban J connectivity index is 2.49. The molecule has 2 unspecified atom stereocenters. The van der Waals surface area contributed by atoms with Crippen molar-refractivity contribution in [2.24, 2.45) is 5.92 Å². The fraction of sp³-hybridized carbons (Fsp3) is 0.667. The van der Waals surface area contributed by atoms with E-state index in [2.05, 4.69) is 69.2 Å². The summed E-state index contributed by atoms with van der Waals surface area (Å²) in [5, 5.41) is 3.41. The molecule has 0 aliphatic heterocycles. The number of likely N-dealkylation sites (N-methyl/N-ethyl adjacent to an activating group) is 1. The molecule has 1 rings (SSSR count). The molecule has 2 nitrogen and oxygen atoms in total. The van der Waals surface area contributed by atoms with Gasteiger partial charge in [0.25, 0.3) is 0 Å². The monoisotopic (exact) mass is 276 g/mol. The van der Waals surface area contributed by atoms with Crippen LogP contribution in [0.4, 0.5) is 0 Å². The number of hydrogen-bond donors (Lipinski definition) is 1. The van der Waals surface area contributed by atoms with Crippen molar-refractivity contribution in [3.05, 3.63) is 35.4 Å². The molecule has 1 N–H and O–H groups in total. The summed E-state index contributed by atoms with van der Waals surface area (Å²) in [6.07, 6.45) is 1.26. The van der Waals surface area contributed by atoms with Crippen LogP contribution in [0.3, 0.4) is 0 Å². The van der Waals surface area contributed by atoms with Crippen LogP contribution in [-0.4, -0.2) is 31.6 Å². The first kappa shape index (κ1) is 17.2. The van der Waals surface area contributed by atoms with Crippen LogP contribution in [0.25, 0.3) is 0 Å². The summed E-state index contributed by atoms with van der Waals surface area (Å²) in [4.78, 5) is 2.42. The molecule has 2 heteroatoms. The van der Waals surface area contributed by atoms with Crippen molar-refractivity contribution >= 4 is 0 Å². The van der Waals surface area contributed by atoms with Crippen molar-refractivity contribution in [3.63, 3.8) is 0 Å². The second kappa shape index (κ2) is 9.15. The Labute approximate surface area is 125 Å². The molecule has 114 valence electrons. The summed E-state index contributed by atoms with van der Waals surface area (Å²) in [6, 6.07) is 9.14. The van der Waals surface area contributed by atoms with E-state index in [0.717, 1.165) is 25.6 Å². The maximum atomic E-state index is 3.41. The number of nitrogens with zero attached hydrogens (tertiary/aromatic N) is 1. The van der Waals surface area contributed by atoms with Gasteiger partial charge in [-0.05, 0) is 36.6 Å². The van der Waals surface area contributed by atoms with Crippen LogP contribution in [0.15, 0.2) is 24.3 Å². The number of benzene rings is 1. The fourth-order valence-corrected chi connectivity index (χ4v) is 2.47. The van der Waals surface area contributed by atoms with Crippen molar-refractivity contribution in [1.82, 2.24) is 10.2 Å². The molecule has 0 saturated heterocycles. The van der Waals surface area contributed by atoms with Crippen LogP contribution in [0.5, 0.6) is 0 Å². The zero-order valence-corrected chi connectivity index (χ0v) is 13.9. The molecule has 1 aromatic rings. The van der Waals surface area contributed by atoms with Crippen LogP contribution in [-0.2, 0) is 6.54 Å². The molecule has 0 amide bonds. The van der Waals surface area contributed by atoms with E-state index in [1.807, 2.05) is 0 Å². The number of nitrogens with one attached hydrogen (secondary N) is 1. The molecule has 0 bridgehead atoms. The van der Waals surface area contributed by atoms with E-state index in [1.54, 1.807) is 0 Å². The Morgan fingerprint density at radius 1 is 1.10 bits per heavy atom. The van der Waals surface area contributed by atoms with E-state index in [9.17, 15) is 0 Å². The fourth-order valence-electron chi connectivity index (χ4n) is 2.47. The predicted molar refractivity (Wildman–Crippen MR) is 89.2 cm³/mol. The zero-order chi connectivity index (χ0) is 15.0. The zero-order valence-electron chi connectivity index (χ0n) is 13.9. The van der Waals surface area contributed by atoms with Crippen molar-refractivity contribution < 1.29 is 0 Å². The van der Waals surface area contributed by atoms with E-state index >= 15 is 0 Å². The number of rotatable bonds is 9. The lowest BCUT2D eigenvalue weighted by Crippen LogP contribution is -2.23. The summed E-state index contributed by atoms with van der Waals surface area (Å²) in [7, 11) is 2.22. The SMILES string of the molecule is CCNCC(C)c1ccc(CN(C)CC(C)CC)cc1. The molecular formula is C18H32N2. The lowest BCUT2D eigenvalue weighted by atomic mass is 9.99. The van der Waals surface area contributed by atoms with Crippen LogP contribution in [0.1, 0.15) is 51.2 Å². The van der Waals surface area contributed by atoms with Crippen LogP contribution >= 0.6 is 0 Å². The molecule has 0 aliphatic rings. The molecule has 0 aliphatic carbocycles.